The molecule has 0 spiro atoms. The van der Waals surface area contributed by atoms with Crippen LogP contribution in [0, 0.1) is 0 Å². The molecule has 5 heteroatoms. The average molecular weight is 417 g/mol. The molecule has 4 rings (SSSR count). The van der Waals surface area contributed by atoms with Crippen LogP contribution in [0.5, 0.6) is 0 Å². The van der Waals surface area contributed by atoms with Gasteiger partial charge in [-0.05, 0) is 31.1 Å². The molecule has 4 nitrogen and oxygen atoms in total. The third-order valence-electron chi connectivity index (χ3n) is 5.22. The van der Waals surface area contributed by atoms with Crippen molar-refractivity contribution < 1.29 is 0 Å². The molecule has 1 N–H and O–H groups in total. The van der Waals surface area contributed by atoms with Crippen LogP contribution in [0.4, 0.5) is 0 Å². The lowest BCUT2D eigenvalue weighted by atomic mass is 10.1. The molecule has 1 atom stereocenters. The number of thiophene rings is 1. The van der Waals surface area contributed by atoms with Crippen molar-refractivity contribution in [3.8, 4) is 11.3 Å². The molecule has 4 aromatic rings. The lowest BCUT2D eigenvalue weighted by molar-refractivity contribution is 0.292. The van der Waals surface area contributed by atoms with Crippen LogP contribution in [-0.4, -0.2) is 35.3 Å². The van der Waals surface area contributed by atoms with Crippen LogP contribution in [0.1, 0.15) is 22.0 Å². The second kappa shape index (κ2) is 9.85. The van der Waals surface area contributed by atoms with E-state index in [4.69, 9.17) is 5.10 Å². The smallest absolute Gasteiger partial charge is 0.0968 e. The first kappa shape index (κ1) is 20.5. The van der Waals surface area contributed by atoms with Crippen LogP contribution < -0.4 is 5.32 Å². The summed E-state index contributed by atoms with van der Waals surface area (Å²) in [5, 5.41) is 10.7. The zero-order valence-electron chi connectivity index (χ0n) is 17.5. The van der Waals surface area contributed by atoms with Gasteiger partial charge in [-0.3, -0.25) is 4.68 Å². The van der Waals surface area contributed by atoms with Crippen molar-refractivity contribution in [1.29, 1.82) is 0 Å². The molecule has 0 fully saturated rings. The Balaban J connectivity index is 1.52. The highest BCUT2D eigenvalue weighted by atomic mass is 32.1. The monoisotopic (exact) mass is 416 g/mol. The van der Waals surface area contributed by atoms with E-state index in [-0.39, 0.29) is 0 Å². The molecule has 0 saturated carbocycles. The van der Waals surface area contributed by atoms with Gasteiger partial charge in [-0.15, -0.1) is 11.3 Å². The van der Waals surface area contributed by atoms with Crippen molar-refractivity contribution in [3.05, 3.63) is 100 Å². The van der Waals surface area contributed by atoms with E-state index < -0.39 is 0 Å². The topological polar surface area (TPSA) is 33.1 Å². The number of aromatic nitrogens is 2. The fourth-order valence-corrected chi connectivity index (χ4v) is 4.57. The van der Waals surface area contributed by atoms with Crippen molar-refractivity contribution in [2.75, 3.05) is 20.6 Å². The minimum Gasteiger partial charge on any atom is -0.311 e. The summed E-state index contributed by atoms with van der Waals surface area (Å²) in [5.74, 6) is 0. The minimum atomic E-state index is 0.365. The predicted octanol–water partition coefficient (Wildman–Crippen LogP) is 5.05. The Kier molecular flexibility index (Phi) is 6.74. The van der Waals surface area contributed by atoms with Gasteiger partial charge in [-0.1, -0.05) is 66.7 Å². The van der Waals surface area contributed by atoms with Crippen molar-refractivity contribution in [2.45, 2.75) is 19.1 Å². The Morgan fingerprint density at radius 2 is 1.70 bits per heavy atom. The molecule has 0 aliphatic heterocycles. The molecular formula is C25H28N4S. The third kappa shape index (κ3) is 5.05. The Morgan fingerprint density at radius 3 is 2.37 bits per heavy atom. The fourth-order valence-electron chi connectivity index (χ4n) is 3.64. The normalized spacial score (nSPS) is 12.4. The molecule has 1 unspecified atom stereocenters. The molecule has 0 aliphatic carbocycles. The molecule has 2 aromatic carbocycles. The maximum Gasteiger partial charge on any atom is 0.0968 e. The first-order chi connectivity index (χ1) is 14.7. The van der Waals surface area contributed by atoms with Crippen molar-refractivity contribution in [1.82, 2.24) is 20.0 Å². The molecule has 154 valence electrons. The second-order valence-electron chi connectivity index (χ2n) is 7.68. The first-order valence-electron chi connectivity index (χ1n) is 10.3. The van der Waals surface area contributed by atoms with Gasteiger partial charge in [-0.25, -0.2) is 0 Å². The average Bonchev–Trinajstić information content (AvgIpc) is 3.43. The van der Waals surface area contributed by atoms with Gasteiger partial charge in [0.15, 0.2) is 0 Å². The van der Waals surface area contributed by atoms with Gasteiger partial charge < -0.3 is 10.2 Å². The molecule has 0 bridgehead atoms. The lowest BCUT2D eigenvalue weighted by Crippen LogP contribution is -2.30. The zero-order valence-corrected chi connectivity index (χ0v) is 18.3. The Labute approximate surface area is 182 Å². The number of nitrogens with one attached hydrogen (secondary N) is 1. The SMILES string of the molecule is CN(C)C(CNCc1cn(Cc2ccccc2)nc1-c1ccccc1)c1cccs1. The number of benzene rings is 2. The summed E-state index contributed by atoms with van der Waals surface area (Å²) in [4.78, 5) is 3.66. The Hall–Kier alpha value is -2.73. The summed E-state index contributed by atoms with van der Waals surface area (Å²) >= 11 is 1.81. The summed E-state index contributed by atoms with van der Waals surface area (Å²) in [6.45, 7) is 2.45. The van der Waals surface area contributed by atoms with Gasteiger partial charge in [0.1, 0.15) is 0 Å². The number of rotatable bonds is 9. The minimum absolute atomic E-state index is 0.365. The highest BCUT2D eigenvalue weighted by molar-refractivity contribution is 7.10. The van der Waals surface area contributed by atoms with Gasteiger partial charge in [0.05, 0.1) is 18.3 Å². The quantitative estimate of drug-likeness (QED) is 0.414. The predicted molar refractivity (Wildman–Crippen MR) is 126 cm³/mol. The third-order valence-corrected chi connectivity index (χ3v) is 6.19. The highest BCUT2D eigenvalue weighted by Gasteiger charge is 2.16. The summed E-state index contributed by atoms with van der Waals surface area (Å²) in [5.41, 5.74) is 4.69. The standard InChI is InChI=1S/C25H28N4S/c1-28(2)23(24-14-9-15-30-24)17-26-16-22-19-29(18-20-10-5-3-6-11-20)27-25(22)21-12-7-4-8-13-21/h3-15,19,23,26H,16-18H2,1-2H3. The van der Waals surface area contributed by atoms with Crippen LogP contribution in [0.2, 0.25) is 0 Å². The van der Waals surface area contributed by atoms with E-state index in [2.05, 4.69) is 101 Å². The van der Waals surface area contributed by atoms with Crippen LogP contribution in [-0.2, 0) is 13.1 Å². The Bertz CT molecular complexity index is 1020. The molecule has 0 saturated heterocycles. The van der Waals surface area contributed by atoms with E-state index in [9.17, 15) is 0 Å². The van der Waals surface area contributed by atoms with E-state index in [1.165, 1.54) is 16.0 Å². The van der Waals surface area contributed by atoms with Gasteiger partial charge in [0.2, 0.25) is 0 Å². The summed E-state index contributed by atoms with van der Waals surface area (Å²) in [6.07, 6.45) is 2.18. The van der Waals surface area contributed by atoms with Gasteiger partial charge in [0, 0.05) is 35.3 Å². The largest absolute Gasteiger partial charge is 0.311 e. The zero-order chi connectivity index (χ0) is 20.8. The molecular weight excluding hydrogens is 388 g/mol. The Morgan fingerprint density at radius 1 is 0.967 bits per heavy atom. The lowest BCUT2D eigenvalue weighted by Gasteiger charge is -2.23. The van der Waals surface area contributed by atoms with E-state index in [1.807, 2.05) is 23.5 Å². The molecule has 0 radical (unpaired) electrons. The number of hydrogen-bond acceptors (Lipinski definition) is 4. The highest BCUT2D eigenvalue weighted by Crippen LogP contribution is 2.24. The van der Waals surface area contributed by atoms with E-state index in [0.717, 1.165) is 30.9 Å². The first-order valence-corrected chi connectivity index (χ1v) is 11.1. The molecule has 0 amide bonds. The molecule has 0 aliphatic rings. The van der Waals surface area contributed by atoms with Gasteiger partial charge in [0.25, 0.3) is 0 Å². The fraction of sp³-hybridized carbons (Fsp3) is 0.240. The van der Waals surface area contributed by atoms with Crippen molar-refractivity contribution in [2.24, 2.45) is 0 Å². The summed E-state index contributed by atoms with van der Waals surface area (Å²) in [7, 11) is 4.28. The van der Waals surface area contributed by atoms with Gasteiger partial charge >= 0.3 is 0 Å². The molecule has 2 aromatic heterocycles. The number of nitrogens with zero attached hydrogens (tertiary/aromatic N) is 3. The van der Waals surface area contributed by atoms with Gasteiger partial charge in [-0.2, -0.15) is 5.10 Å². The van der Waals surface area contributed by atoms with Crippen molar-refractivity contribution in [3.63, 3.8) is 0 Å². The van der Waals surface area contributed by atoms with E-state index >= 15 is 0 Å². The van der Waals surface area contributed by atoms with Crippen LogP contribution in [0.25, 0.3) is 11.3 Å². The maximum atomic E-state index is 4.93. The van der Waals surface area contributed by atoms with Crippen LogP contribution in [0.3, 0.4) is 0 Å². The molecule has 2 heterocycles. The van der Waals surface area contributed by atoms with Crippen LogP contribution >= 0.6 is 11.3 Å². The second-order valence-corrected chi connectivity index (χ2v) is 8.66. The summed E-state index contributed by atoms with van der Waals surface area (Å²) < 4.78 is 2.05. The van der Waals surface area contributed by atoms with Crippen LogP contribution in [0.15, 0.2) is 84.4 Å². The maximum absolute atomic E-state index is 4.93. The van der Waals surface area contributed by atoms with E-state index in [0.29, 0.717) is 6.04 Å². The summed E-state index contributed by atoms with van der Waals surface area (Å²) in [6, 6.07) is 25.6. The molecule has 30 heavy (non-hydrogen) atoms. The number of likely N-dealkylation sites (N-methyl/N-ethyl adjacent to an activating group) is 1. The number of hydrogen-bond donors (Lipinski definition) is 1. The van der Waals surface area contributed by atoms with Crippen molar-refractivity contribution >= 4 is 11.3 Å². The van der Waals surface area contributed by atoms with E-state index in [1.54, 1.807) is 0 Å².